The van der Waals surface area contributed by atoms with Crippen molar-refractivity contribution < 1.29 is 23.8 Å². The predicted molar refractivity (Wildman–Crippen MR) is 74.6 cm³/mol. The number of methoxy groups -OCH3 is 1. The van der Waals surface area contributed by atoms with Crippen LogP contribution in [0.4, 0.5) is 10.5 Å². The van der Waals surface area contributed by atoms with E-state index < -0.39 is 11.5 Å². The lowest BCUT2D eigenvalue weighted by Gasteiger charge is -2.16. The molecule has 1 aromatic rings. The van der Waals surface area contributed by atoms with E-state index in [0.29, 0.717) is 12.3 Å². The quantitative estimate of drug-likeness (QED) is 0.634. The van der Waals surface area contributed by atoms with Crippen molar-refractivity contribution in [2.45, 2.75) is 27.5 Å². The van der Waals surface area contributed by atoms with Gasteiger partial charge in [0.15, 0.2) is 6.73 Å². The van der Waals surface area contributed by atoms with Gasteiger partial charge in [0.05, 0.1) is 30.1 Å². The van der Waals surface area contributed by atoms with Gasteiger partial charge >= 0.3 is 12.1 Å². The molecule has 0 saturated carbocycles. The molecule has 21 heavy (non-hydrogen) atoms. The first-order valence-electron chi connectivity index (χ1n) is 6.45. The second-order valence-corrected chi connectivity index (χ2v) is 5.33. The molecule has 0 spiro atoms. The molecular weight excluding hydrogens is 278 g/mol. The third-order valence-electron chi connectivity index (χ3n) is 2.34. The second-order valence-electron chi connectivity index (χ2n) is 5.33. The lowest BCUT2D eigenvalue weighted by Crippen LogP contribution is -2.24. The fourth-order valence-corrected chi connectivity index (χ4v) is 1.21. The van der Waals surface area contributed by atoms with Crippen molar-refractivity contribution in [2.24, 2.45) is 5.41 Å². The fraction of sp³-hybridized carbons (Fsp3) is 0.615. The molecule has 0 aliphatic heterocycles. The highest BCUT2D eigenvalue weighted by Crippen LogP contribution is 2.15. The number of amides is 1. The third kappa shape index (κ3) is 6.26. The average molecular weight is 299 g/mol. The highest BCUT2D eigenvalue weighted by molar-refractivity contribution is 5.84. The van der Waals surface area contributed by atoms with Crippen molar-refractivity contribution in [3.05, 3.63) is 12.4 Å². The smallest absolute Gasteiger partial charge is 0.411 e. The number of anilines is 1. The van der Waals surface area contributed by atoms with E-state index >= 15 is 0 Å². The van der Waals surface area contributed by atoms with Gasteiger partial charge in [0.1, 0.15) is 6.61 Å². The van der Waals surface area contributed by atoms with Gasteiger partial charge in [-0.05, 0) is 20.8 Å². The molecular formula is C13H21N3O5. The lowest BCUT2D eigenvalue weighted by atomic mass is 9.98. The van der Waals surface area contributed by atoms with Crippen molar-refractivity contribution in [2.75, 3.05) is 25.6 Å². The van der Waals surface area contributed by atoms with Crippen LogP contribution in [0.3, 0.4) is 0 Å². The van der Waals surface area contributed by atoms with Crippen LogP contribution in [0, 0.1) is 5.41 Å². The second kappa shape index (κ2) is 7.63. The SMILES string of the molecule is COCCOC(=O)Nc1cnn(COC(=O)C(C)(C)C)c1. The topological polar surface area (TPSA) is 91.7 Å². The molecule has 1 N–H and O–H groups in total. The molecule has 8 nitrogen and oxygen atoms in total. The van der Waals surface area contributed by atoms with Gasteiger partial charge in [-0.1, -0.05) is 0 Å². The summed E-state index contributed by atoms with van der Waals surface area (Å²) in [5.41, 5.74) is -0.122. The molecule has 1 rings (SSSR count). The van der Waals surface area contributed by atoms with Gasteiger partial charge in [0.25, 0.3) is 0 Å². The van der Waals surface area contributed by atoms with Crippen molar-refractivity contribution in [3.8, 4) is 0 Å². The Hall–Kier alpha value is -2.09. The first-order chi connectivity index (χ1) is 9.82. The zero-order valence-electron chi connectivity index (χ0n) is 12.7. The molecule has 0 radical (unpaired) electrons. The minimum Gasteiger partial charge on any atom is -0.447 e. The minimum absolute atomic E-state index is 0.0174. The average Bonchev–Trinajstić information content (AvgIpc) is 2.82. The molecule has 8 heteroatoms. The van der Waals surface area contributed by atoms with E-state index in [1.807, 2.05) is 0 Å². The van der Waals surface area contributed by atoms with Crippen LogP contribution in [0.2, 0.25) is 0 Å². The molecule has 0 atom stereocenters. The number of nitrogens with zero attached hydrogens (tertiary/aromatic N) is 2. The van der Waals surface area contributed by atoms with Gasteiger partial charge in [-0.3, -0.25) is 10.1 Å². The number of carbonyl (C=O) groups excluding carboxylic acids is 2. The van der Waals surface area contributed by atoms with Crippen LogP contribution in [-0.2, 0) is 25.7 Å². The van der Waals surface area contributed by atoms with E-state index in [4.69, 9.17) is 14.2 Å². The molecule has 1 aromatic heterocycles. The van der Waals surface area contributed by atoms with Gasteiger partial charge < -0.3 is 14.2 Å². The largest absolute Gasteiger partial charge is 0.447 e. The number of esters is 1. The summed E-state index contributed by atoms with van der Waals surface area (Å²) in [4.78, 5) is 23.0. The van der Waals surface area contributed by atoms with Crippen LogP contribution in [0.25, 0.3) is 0 Å². The summed E-state index contributed by atoms with van der Waals surface area (Å²) in [5, 5.41) is 6.46. The standard InChI is InChI=1S/C13H21N3O5/c1-13(2,3)11(17)21-9-16-8-10(7-14-16)15-12(18)20-6-5-19-4/h7-8H,5-6,9H2,1-4H3,(H,15,18). The Morgan fingerprint density at radius 2 is 2.00 bits per heavy atom. The van der Waals surface area contributed by atoms with E-state index in [2.05, 4.69) is 10.4 Å². The summed E-state index contributed by atoms with van der Waals surface area (Å²) < 4.78 is 16.1. The Balaban J connectivity index is 2.39. The third-order valence-corrected chi connectivity index (χ3v) is 2.34. The van der Waals surface area contributed by atoms with E-state index in [1.54, 1.807) is 20.8 Å². The van der Waals surface area contributed by atoms with Gasteiger partial charge in [-0.2, -0.15) is 5.10 Å². The highest BCUT2D eigenvalue weighted by atomic mass is 16.6. The summed E-state index contributed by atoms with van der Waals surface area (Å²) in [6, 6.07) is 0. The van der Waals surface area contributed by atoms with E-state index in [1.165, 1.54) is 24.2 Å². The number of hydrogen-bond donors (Lipinski definition) is 1. The summed E-state index contributed by atoms with van der Waals surface area (Å²) in [6.07, 6.45) is 2.37. The molecule has 0 unspecified atom stereocenters. The molecule has 0 aliphatic rings. The maximum atomic E-state index is 11.6. The van der Waals surface area contributed by atoms with Crippen LogP contribution in [0.5, 0.6) is 0 Å². The van der Waals surface area contributed by atoms with Crippen LogP contribution in [0.1, 0.15) is 20.8 Å². The van der Waals surface area contributed by atoms with E-state index in [-0.39, 0.29) is 19.3 Å². The van der Waals surface area contributed by atoms with Crippen molar-refractivity contribution >= 4 is 17.7 Å². The Labute approximate surface area is 123 Å². The Bertz CT molecular complexity index is 478. The van der Waals surface area contributed by atoms with Gasteiger partial charge in [0, 0.05) is 7.11 Å². The molecule has 0 saturated heterocycles. The Morgan fingerprint density at radius 1 is 1.29 bits per heavy atom. The maximum Gasteiger partial charge on any atom is 0.411 e. The van der Waals surface area contributed by atoms with Crippen molar-refractivity contribution in [3.63, 3.8) is 0 Å². The van der Waals surface area contributed by atoms with Crippen LogP contribution >= 0.6 is 0 Å². The highest BCUT2D eigenvalue weighted by Gasteiger charge is 2.23. The molecule has 0 fully saturated rings. The Morgan fingerprint density at radius 3 is 2.62 bits per heavy atom. The molecule has 1 heterocycles. The molecule has 0 aromatic carbocycles. The summed E-state index contributed by atoms with van der Waals surface area (Å²) >= 11 is 0. The van der Waals surface area contributed by atoms with Crippen molar-refractivity contribution in [1.82, 2.24) is 9.78 Å². The zero-order valence-corrected chi connectivity index (χ0v) is 12.7. The van der Waals surface area contributed by atoms with Crippen LogP contribution in [-0.4, -0.2) is 42.2 Å². The molecule has 0 bridgehead atoms. The monoisotopic (exact) mass is 299 g/mol. The number of hydrogen-bond acceptors (Lipinski definition) is 6. The number of rotatable bonds is 6. The van der Waals surface area contributed by atoms with Gasteiger partial charge in [-0.25, -0.2) is 9.48 Å². The first-order valence-corrected chi connectivity index (χ1v) is 6.45. The maximum absolute atomic E-state index is 11.6. The van der Waals surface area contributed by atoms with E-state index in [9.17, 15) is 9.59 Å². The number of nitrogens with one attached hydrogen (secondary N) is 1. The van der Waals surface area contributed by atoms with Gasteiger partial charge in [0.2, 0.25) is 0 Å². The van der Waals surface area contributed by atoms with Crippen LogP contribution in [0.15, 0.2) is 12.4 Å². The Kier molecular flexibility index (Phi) is 6.16. The number of ether oxygens (including phenoxy) is 3. The number of aromatic nitrogens is 2. The minimum atomic E-state index is -0.599. The summed E-state index contributed by atoms with van der Waals surface area (Å²) in [6.45, 7) is 5.77. The molecule has 118 valence electrons. The molecule has 1 amide bonds. The van der Waals surface area contributed by atoms with Crippen molar-refractivity contribution in [1.29, 1.82) is 0 Å². The number of carbonyl (C=O) groups is 2. The van der Waals surface area contributed by atoms with Crippen LogP contribution < -0.4 is 5.32 Å². The lowest BCUT2D eigenvalue weighted by molar-refractivity contribution is -0.157. The summed E-state index contributed by atoms with van der Waals surface area (Å²) in [7, 11) is 1.52. The normalized spacial score (nSPS) is 11.0. The molecule has 0 aliphatic carbocycles. The van der Waals surface area contributed by atoms with E-state index in [0.717, 1.165) is 0 Å². The zero-order chi connectivity index (χ0) is 15.9. The summed E-state index contributed by atoms with van der Waals surface area (Å²) in [5.74, 6) is -0.327. The van der Waals surface area contributed by atoms with Gasteiger partial charge in [-0.15, -0.1) is 0 Å². The first kappa shape index (κ1) is 17.0. The fourth-order valence-electron chi connectivity index (χ4n) is 1.21. The predicted octanol–water partition coefficient (Wildman–Crippen LogP) is 1.62.